The van der Waals surface area contributed by atoms with Crippen molar-refractivity contribution in [2.45, 2.75) is 31.3 Å². The number of carboxylic acids is 1. The molecule has 1 aliphatic carbocycles. The van der Waals surface area contributed by atoms with E-state index in [-0.39, 0.29) is 0 Å². The quantitative estimate of drug-likeness (QED) is 0.832. The van der Waals surface area contributed by atoms with E-state index in [1.54, 1.807) is 0 Å². The lowest BCUT2D eigenvalue weighted by atomic mass is 10.0. The Bertz CT molecular complexity index is 459. The van der Waals surface area contributed by atoms with E-state index in [1.807, 2.05) is 30.3 Å². The first kappa shape index (κ1) is 13.6. The van der Waals surface area contributed by atoms with E-state index in [9.17, 15) is 9.90 Å². The van der Waals surface area contributed by atoms with Gasteiger partial charge in [-0.05, 0) is 37.3 Å². The average molecular weight is 274 g/mol. The van der Waals surface area contributed by atoms with Crippen LogP contribution in [0.3, 0.4) is 0 Å². The molecule has 1 saturated carbocycles. The van der Waals surface area contributed by atoms with Crippen LogP contribution in [0.2, 0.25) is 0 Å². The van der Waals surface area contributed by atoms with Crippen LogP contribution in [0.25, 0.3) is 0 Å². The molecule has 4 nitrogen and oxygen atoms in total. The van der Waals surface area contributed by atoms with Crippen LogP contribution in [0.15, 0.2) is 30.3 Å². The number of likely N-dealkylation sites (tertiary alicyclic amines) is 1. The Morgan fingerprint density at radius 3 is 2.70 bits per heavy atom. The van der Waals surface area contributed by atoms with Gasteiger partial charge < -0.3 is 15.3 Å². The summed E-state index contributed by atoms with van der Waals surface area (Å²) in [5.74, 6) is -0.214. The van der Waals surface area contributed by atoms with Gasteiger partial charge in [0, 0.05) is 19.1 Å². The Balaban J connectivity index is 1.54. The van der Waals surface area contributed by atoms with Crippen molar-refractivity contribution in [3.63, 3.8) is 0 Å². The van der Waals surface area contributed by atoms with E-state index in [0.717, 1.165) is 24.7 Å². The Morgan fingerprint density at radius 1 is 1.30 bits per heavy atom. The Kier molecular flexibility index (Phi) is 4.03. The molecule has 0 aromatic heterocycles. The zero-order valence-corrected chi connectivity index (χ0v) is 11.7. The second kappa shape index (κ2) is 5.94. The van der Waals surface area contributed by atoms with Gasteiger partial charge in [-0.25, -0.2) is 0 Å². The van der Waals surface area contributed by atoms with Gasteiger partial charge in [0.25, 0.3) is 0 Å². The van der Waals surface area contributed by atoms with Crippen LogP contribution in [0.1, 0.15) is 30.9 Å². The number of benzene rings is 1. The summed E-state index contributed by atoms with van der Waals surface area (Å²) in [5.41, 5.74) is 0.831. The summed E-state index contributed by atoms with van der Waals surface area (Å²) in [4.78, 5) is 14.0. The zero-order chi connectivity index (χ0) is 13.9. The van der Waals surface area contributed by atoms with Crippen molar-refractivity contribution in [1.82, 2.24) is 10.2 Å². The molecule has 0 bridgehead atoms. The molecule has 2 unspecified atom stereocenters. The molecular formula is C16H22N2O2. The predicted molar refractivity (Wildman–Crippen MR) is 77.5 cm³/mol. The summed E-state index contributed by atoms with van der Waals surface area (Å²) in [6.07, 6.45) is 3.88. The molecule has 0 amide bonds. The molecule has 2 aliphatic rings. The highest BCUT2D eigenvalue weighted by molar-refractivity contribution is 5.75. The van der Waals surface area contributed by atoms with Crippen LogP contribution in [0, 0.1) is 5.92 Å². The standard InChI is InChI=1S/C16H22N2O2/c19-16(20)15(13-4-2-1-3-5-13)17-10-12-8-9-18(11-12)14-6-7-14/h1-5,12,14-15,17H,6-11H2,(H,19,20). The maximum absolute atomic E-state index is 11.4. The minimum absolute atomic E-state index is 0.584. The van der Waals surface area contributed by atoms with Gasteiger partial charge in [-0.1, -0.05) is 30.3 Å². The summed E-state index contributed by atoms with van der Waals surface area (Å²) in [6, 6.07) is 9.66. The molecule has 108 valence electrons. The third-order valence-corrected chi connectivity index (χ3v) is 4.37. The summed E-state index contributed by atoms with van der Waals surface area (Å²) in [7, 11) is 0. The maximum Gasteiger partial charge on any atom is 0.325 e. The van der Waals surface area contributed by atoms with Crippen LogP contribution in [-0.2, 0) is 4.79 Å². The lowest BCUT2D eigenvalue weighted by Gasteiger charge is -2.19. The number of nitrogens with one attached hydrogen (secondary N) is 1. The molecule has 3 rings (SSSR count). The number of carbonyl (C=O) groups is 1. The molecule has 1 saturated heterocycles. The fraction of sp³-hybridized carbons (Fsp3) is 0.562. The number of carboxylic acid groups (broad SMARTS) is 1. The highest BCUT2D eigenvalue weighted by Crippen LogP contribution is 2.31. The van der Waals surface area contributed by atoms with Gasteiger partial charge in [-0.15, -0.1) is 0 Å². The lowest BCUT2D eigenvalue weighted by molar-refractivity contribution is -0.139. The van der Waals surface area contributed by atoms with Crippen molar-refractivity contribution in [1.29, 1.82) is 0 Å². The van der Waals surface area contributed by atoms with Crippen molar-refractivity contribution < 1.29 is 9.90 Å². The fourth-order valence-corrected chi connectivity index (χ4v) is 3.08. The number of hydrogen-bond acceptors (Lipinski definition) is 3. The predicted octanol–water partition coefficient (Wildman–Crippen LogP) is 1.89. The maximum atomic E-state index is 11.4. The number of rotatable bonds is 6. The van der Waals surface area contributed by atoms with Crippen LogP contribution in [0.4, 0.5) is 0 Å². The Hall–Kier alpha value is -1.39. The van der Waals surface area contributed by atoms with Gasteiger partial charge in [0.1, 0.15) is 6.04 Å². The normalized spacial score (nSPS) is 24.7. The van der Waals surface area contributed by atoms with Gasteiger partial charge in [-0.2, -0.15) is 0 Å². The molecule has 1 aliphatic heterocycles. The van der Waals surface area contributed by atoms with Crippen LogP contribution in [0.5, 0.6) is 0 Å². The first-order valence-corrected chi connectivity index (χ1v) is 7.49. The largest absolute Gasteiger partial charge is 0.480 e. The highest BCUT2D eigenvalue weighted by atomic mass is 16.4. The summed E-state index contributed by atoms with van der Waals surface area (Å²) in [5, 5.41) is 12.6. The van der Waals surface area contributed by atoms with E-state index in [4.69, 9.17) is 0 Å². The molecule has 1 aromatic rings. The SMILES string of the molecule is O=C(O)C(NCC1CCN(C2CC2)C1)c1ccccc1. The van der Waals surface area contributed by atoms with E-state index in [2.05, 4.69) is 10.2 Å². The Morgan fingerprint density at radius 2 is 2.05 bits per heavy atom. The molecule has 0 spiro atoms. The number of nitrogens with zero attached hydrogens (tertiary/aromatic N) is 1. The highest BCUT2D eigenvalue weighted by Gasteiger charge is 2.34. The lowest BCUT2D eigenvalue weighted by Crippen LogP contribution is -2.33. The Labute approximate surface area is 119 Å². The van der Waals surface area contributed by atoms with Crippen molar-refractivity contribution in [2.24, 2.45) is 5.92 Å². The minimum atomic E-state index is -0.798. The van der Waals surface area contributed by atoms with Crippen LogP contribution < -0.4 is 5.32 Å². The molecule has 20 heavy (non-hydrogen) atoms. The van der Waals surface area contributed by atoms with E-state index in [1.165, 1.54) is 25.8 Å². The monoisotopic (exact) mass is 274 g/mol. The molecular weight excluding hydrogens is 252 g/mol. The van der Waals surface area contributed by atoms with Gasteiger partial charge in [0.15, 0.2) is 0 Å². The summed E-state index contributed by atoms with van der Waals surface area (Å²) >= 11 is 0. The van der Waals surface area contributed by atoms with Crippen molar-refractivity contribution in [3.05, 3.63) is 35.9 Å². The minimum Gasteiger partial charge on any atom is -0.480 e. The number of hydrogen-bond donors (Lipinski definition) is 2. The van der Waals surface area contributed by atoms with Crippen LogP contribution in [-0.4, -0.2) is 41.7 Å². The topological polar surface area (TPSA) is 52.6 Å². The molecule has 4 heteroatoms. The molecule has 2 fully saturated rings. The summed E-state index contributed by atoms with van der Waals surface area (Å²) in [6.45, 7) is 3.09. The summed E-state index contributed by atoms with van der Waals surface area (Å²) < 4.78 is 0. The van der Waals surface area contributed by atoms with Crippen molar-refractivity contribution >= 4 is 5.97 Å². The van der Waals surface area contributed by atoms with Gasteiger partial charge in [0.05, 0.1) is 0 Å². The molecule has 1 aromatic carbocycles. The first-order valence-electron chi connectivity index (χ1n) is 7.49. The molecule has 0 radical (unpaired) electrons. The van der Waals surface area contributed by atoms with Crippen LogP contribution >= 0.6 is 0 Å². The third kappa shape index (κ3) is 3.19. The van der Waals surface area contributed by atoms with Gasteiger partial charge >= 0.3 is 5.97 Å². The third-order valence-electron chi connectivity index (χ3n) is 4.37. The molecule has 2 atom stereocenters. The fourth-order valence-electron chi connectivity index (χ4n) is 3.08. The second-order valence-corrected chi connectivity index (χ2v) is 5.97. The van der Waals surface area contributed by atoms with E-state index < -0.39 is 12.0 Å². The van der Waals surface area contributed by atoms with E-state index in [0.29, 0.717) is 5.92 Å². The number of aliphatic carboxylic acids is 1. The average Bonchev–Trinajstić information content (AvgIpc) is 3.20. The molecule has 1 heterocycles. The second-order valence-electron chi connectivity index (χ2n) is 5.97. The van der Waals surface area contributed by atoms with Gasteiger partial charge in [-0.3, -0.25) is 4.79 Å². The van der Waals surface area contributed by atoms with E-state index >= 15 is 0 Å². The van der Waals surface area contributed by atoms with Gasteiger partial charge in [0.2, 0.25) is 0 Å². The first-order chi connectivity index (χ1) is 9.74. The molecule has 2 N–H and O–H groups in total. The van der Waals surface area contributed by atoms with Crippen molar-refractivity contribution in [3.8, 4) is 0 Å². The smallest absolute Gasteiger partial charge is 0.325 e. The van der Waals surface area contributed by atoms with Crippen molar-refractivity contribution in [2.75, 3.05) is 19.6 Å². The zero-order valence-electron chi connectivity index (χ0n) is 11.7.